The second-order valence-corrected chi connectivity index (χ2v) is 7.02. The Morgan fingerprint density at radius 2 is 2.28 bits per heavy atom. The molecule has 2 heterocycles. The number of aliphatic hydroxyl groups excluding tert-OH is 1. The summed E-state index contributed by atoms with van der Waals surface area (Å²) in [6.45, 7) is 1.69. The molecular weight excluding hydrogens is 252 g/mol. The number of hydrogen-bond acceptors (Lipinski definition) is 5. The van der Waals surface area contributed by atoms with Gasteiger partial charge in [-0.2, -0.15) is 0 Å². The van der Waals surface area contributed by atoms with E-state index in [4.69, 9.17) is 0 Å². The first-order valence-corrected chi connectivity index (χ1v) is 7.78. The smallest absolute Gasteiger partial charge is 0.152 e. The monoisotopic (exact) mass is 270 g/mol. The van der Waals surface area contributed by atoms with Crippen LogP contribution in [0.4, 0.5) is 5.82 Å². The van der Waals surface area contributed by atoms with Gasteiger partial charge in [0.25, 0.3) is 0 Å². The van der Waals surface area contributed by atoms with Crippen LogP contribution in [0.25, 0.3) is 0 Å². The molecule has 2 rings (SSSR count). The van der Waals surface area contributed by atoms with Gasteiger partial charge in [-0.1, -0.05) is 0 Å². The Morgan fingerprint density at radius 1 is 1.56 bits per heavy atom. The normalized spacial score (nSPS) is 23.8. The largest absolute Gasteiger partial charge is 0.389 e. The second-order valence-electron chi connectivity index (χ2n) is 4.79. The van der Waals surface area contributed by atoms with Crippen LogP contribution in [0.3, 0.4) is 0 Å². The van der Waals surface area contributed by atoms with Crippen molar-refractivity contribution in [3.8, 4) is 0 Å². The molecule has 1 saturated heterocycles. The second kappa shape index (κ2) is 4.85. The molecule has 1 aliphatic rings. The number of sulfone groups is 1. The number of nitrogens with zero attached hydrogens (tertiary/aromatic N) is 2. The molecular formula is C12H18N2O3S. The standard InChI is InChI=1S/C12H18N2O3S/c1-9(15)10-3-5-13-12(7-10)14(2)11-4-6-18(16,17)8-11/h3,5,7,9,11,15H,4,6,8H2,1-2H3/t9-,11?/m1/s1. The van der Waals surface area contributed by atoms with E-state index in [0.29, 0.717) is 12.2 Å². The number of pyridine rings is 1. The first-order chi connectivity index (χ1) is 8.39. The van der Waals surface area contributed by atoms with Gasteiger partial charge in [0.05, 0.1) is 17.6 Å². The third-order valence-electron chi connectivity index (χ3n) is 3.37. The average molecular weight is 270 g/mol. The van der Waals surface area contributed by atoms with Crippen molar-refractivity contribution >= 4 is 15.7 Å². The van der Waals surface area contributed by atoms with E-state index in [1.54, 1.807) is 25.3 Å². The zero-order valence-electron chi connectivity index (χ0n) is 10.6. The molecule has 1 aromatic rings. The summed E-state index contributed by atoms with van der Waals surface area (Å²) in [4.78, 5) is 6.12. The summed E-state index contributed by atoms with van der Waals surface area (Å²) in [7, 11) is -1.05. The SMILES string of the molecule is C[C@@H](O)c1ccnc(N(C)C2CCS(=O)(=O)C2)c1. The summed E-state index contributed by atoms with van der Waals surface area (Å²) < 4.78 is 22.9. The molecule has 0 bridgehead atoms. The molecule has 5 nitrogen and oxygen atoms in total. The fourth-order valence-electron chi connectivity index (χ4n) is 2.15. The van der Waals surface area contributed by atoms with Gasteiger partial charge in [-0.3, -0.25) is 0 Å². The maximum absolute atomic E-state index is 11.5. The van der Waals surface area contributed by atoms with Crippen LogP contribution >= 0.6 is 0 Å². The van der Waals surface area contributed by atoms with E-state index < -0.39 is 15.9 Å². The zero-order chi connectivity index (χ0) is 13.3. The van der Waals surface area contributed by atoms with E-state index in [9.17, 15) is 13.5 Å². The summed E-state index contributed by atoms with van der Waals surface area (Å²) in [5.41, 5.74) is 0.785. The van der Waals surface area contributed by atoms with Crippen LogP contribution in [0, 0.1) is 0 Å². The molecule has 0 spiro atoms. The molecule has 1 N–H and O–H groups in total. The topological polar surface area (TPSA) is 70.5 Å². The van der Waals surface area contributed by atoms with Crippen molar-refractivity contribution in [1.82, 2.24) is 4.98 Å². The van der Waals surface area contributed by atoms with Gasteiger partial charge in [-0.15, -0.1) is 0 Å². The van der Waals surface area contributed by atoms with E-state index in [0.717, 1.165) is 5.56 Å². The lowest BCUT2D eigenvalue weighted by atomic mass is 10.1. The van der Waals surface area contributed by atoms with Crippen molar-refractivity contribution in [3.63, 3.8) is 0 Å². The fraction of sp³-hybridized carbons (Fsp3) is 0.583. The fourth-order valence-corrected chi connectivity index (χ4v) is 3.93. The third kappa shape index (κ3) is 2.81. The predicted octanol–water partition coefficient (Wildman–Crippen LogP) is 0.758. The van der Waals surface area contributed by atoms with E-state index in [1.165, 1.54) is 0 Å². The van der Waals surface area contributed by atoms with Crippen LogP contribution < -0.4 is 4.90 Å². The van der Waals surface area contributed by atoms with Gasteiger partial charge in [-0.25, -0.2) is 13.4 Å². The van der Waals surface area contributed by atoms with Crippen molar-refractivity contribution in [3.05, 3.63) is 23.9 Å². The van der Waals surface area contributed by atoms with Crippen LogP contribution in [0.5, 0.6) is 0 Å². The minimum atomic E-state index is -2.89. The van der Waals surface area contributed by atoms with Crippen LogP contribution in [0.1, 0.15) is 25.0 Å². The molecule has 0 aliphatic carbocycles. The van der Waals surface area contributed by atoms with Gasteiger partial charge in [0, 0.05) is 19.3 Å². The summed E-state index contributed by atoms with van der Waals surface area (Å²) >= 11 is 0. The maximum Gasteiger partial charge on any atom is 0.152 e. The summed E-state index contributed by atoms with van der Waals surface area (Å²) in [6.07, 6.45) is 1.73. The van der Waals surface area contributed by atoms with Gasteiger partial charge in [0.2, 0.25) is 0 Å². The van der Waals surface area contributed by atoms with Crippen LogP contribution in [0.2, 0.25) is 0 Å². The van der Waals surface area contributed by atoms with Crippen molar-refractivity contribution in [2.45, 2.75) is 25.5 Å². The van der Waals surface area contributed by atoms with Crippen LogP contribution in [0.15, 0.2) is 18.3 Å². The molecule has 1 aromatic heterocycles. The highest BCUT2D eigenvalue weighted by Crippen LogP contribution is 2.23. The highest BCUT2D eigenvalue weighted by molar-refractivity contribution is 7.91. The first-order valence-electron chi connectivity index (χ1n) is 5.96. The number of anilines is 1. The lowest BCUT2D eigenvalue weighted by Crippen LogP contribution is -2.33. The van der Waals surface area contributed by atoms with Crippen molar-refractivity contribution in [2.24, 2.45) is 0 Å². The summed E-state index contributed by atoms with van der Waals surface area (Å²) in [5, 5.41) is 9.54. The minimum absolute atomic E-state index is 0.0215. The number of aromatic nitrogens is 1. The van der Waals surface area contributed by atoms with Crippen LogP contribution in [-0.4, -0.2) is 43.1 Å². The van der Waals surface area contributed by atoms with Crippen molar-refractivity contribution < 1.29 is 13.5 Å². The molecule has 1 fully saturated rings. The Morgan fingerprint density at radius 3 is 2.83 bits per heavy atom. The molecule has 0 saturated carbocycles. The first kappa shape index (κ1) is 13.3. The van der Waals surface area contributed by atoms with E-state index in [-0.39, 0.29) is 17.5 Å². The van der Waals surface area contributed by atoms with Gasteiger partial charge in [-0.05, 0) is 31.0 Å². The molecule has 6 heteroatoms. The minimum Gasteiger partial charge on any atom is -0.389 e. The Hall–Kier alpha value is -1.14. The molecule has 0 radical (unpaired) electrons. The zero-order valence-corrected chi connectivity index (χ0v) is 11.4. The van der Waals surface area contributed by atoms with Crippen molar-refractivity contribution in [1.29, 1.82) is 0 Å². The van der Waals surface area contributed by atoms with Gasteiger partial charge >= 0.3 is 0 Å². The van der Waals surface area contributed by atoms with E-state index in [1.807, 2.05) is 11.9 Å². The quantitative estimate of drug-likeness (QED) is 0.878. The number of rotatable bonds is 3. The molecule has 18 heavy (non-hydrogen) atoms. The third-order valence-corrected chi connectivity index (χ3v) is 5.12. The Balaban J connectivity index is 2.19. The molecule has 0 amide bonds. The lowest BCUT2D eigenvalue weighted by molar-refractivity contribution is 0.199. The highest BCUT2D eigenvalue weighted by Gasteiger charge is 2.31. The predicted molar refractivity (Wildman–Crippen MR) is 70.3 cm³/mol. The Bertz CT molecular complexity index is 528. The Labute approximate surface area is 107 Å². The number of aliphatic hydroxyl groups is 1. The summed E-state index contributed by atoms with van der Waals surface area (Å²) in [6, 6.07) is 3.54. The molecule has 1 unspecified atom stereocenters. The maximum atomic E-state index is 11.5. The van der Waals surface area contributed by atoms with Gasteiger partial charge < -0.3 is 10.0 Å². The molecule has 1 aliphatic heterocycles. The molecule has 0 aromatic carbocycles. The highest BCUT2D eigenvalue weighted by atomic mass is 32.2. The lowest BCUT2D eigenvalue weighted by Gasteiger charge is -2.25. The molecule has 2 atom stereocenters. The molecule has 100 valence electrons. The van der Waals surface area contributed by atoms with Crippen LogP contribution in [-0.2, 0) is 9.84 Å². The number of hydrogen-bond donors (Lipinski definition) is 1. The van der Waals surface area contributed by atoms with Gasteiger partial charge in [0.15, 0.2) is 9.84 Å². The van der Waals surface area contributed by atoms with Crippen molar-refractivity contribution in [2.75, 3.05) is 23.5 Å². The average Bonchev–Trinajstić information content (AvgIpc) is 2.69. The van der Waals surface area contributed by atoms with Gasteiger partial charge in [0.1, 0.15) is 5.82 Å². The van der Waals surface area contributed by atoms with E-state index >= 15 is 0 Å². The van der Waals surface area contributed by atoms with E-state index in [2.05, 4.69) is 4.98 Å². The summed E-state index contributed by atoms with van der Waals surface area (Å²) in [5.74, 6) is 1.14. The Kier molecular flexibility index (Phi) is 3.59.